The Balaban J connectivity index is 1.55. The summed E-state index contributed by atoms with van der Waals surface area (Å²) in [6.07, 6.45) is 1.10. The maximum absolute atomic E-state index is 14.2. The second kappa shape index (κ2) is 12.8. The van der Waals surface area contributed by atoms with Gasteiger partial charge in [-0.1, -0.05) is 54.8 Å². The molecule has 0 saturated heterocycles. The number of benzene rings is 2. The largest absolute Gasteiger partial charge is 0.497 e. The summed E-state index contributed by atoms with van der Waals surface area (Å²) >= 11 is 6.49. The van der Waals surface area contributed by atoms with E-state index in [4.69, 9.17) is 16.3 Å². The van der Waals surface area contributed by atoms with E-state index in [-0.39, 0.29) is 30.5 Å². The number of carbonyl (C=O) groups is 2. The number of amides is 2. The van der Waals surface area contributed by atoms with Crippen molar-refractivity contribution < 1.29 is 27.5 Å². The van der Waals surface area contributed by atoms with Crippen molar-refractivity contribution in [2.45, 2.75) is 82.7 Å². The minimum atomic E-state index is -4.63. The van der Waals surface area contributed by atoms with Gasteiger partial charge in [-0.05, 0) is 67.9 Å². The summed E-state index contributed by atoms with van der Waals surface area (Å²) in [5, 5.41) is 7.42. The van der Waals surface area contributed by atoms with Gasteiger partial charge in [0, 0.05) is 28.9 Å². The number of fused-ring (bicyclic) bond motifs is 1. The number of nitrogens with zero attached hydrogens (tertiary/aromatic N) is 3. The van der Waals surface area contributed by atoms with Gasteiger partial charge in [0.15, 0.2) is 5.69 Å². The van der Waals surface area contributed by atoms with Gasteiger partial charge >= 0.3 is 6.18 Å². The van der Waals surface area contributed by atoms with Crippen LogP contribution in [0.4, 0.5) is 13.2 Å². The predicted molar refractivity (Wildman–Crippen MR) is 152 cm³/mol. The summed E-state index contributed by atoms with van der Waals surface area (Å²) in [5.74, 6) is -0.312. The van der Waals surface area contributed by atoms with E-state index in [9.17, 15) is 22.8 Å². The molecule has 1 N–H and O–H groups in total. The van der Waals surface area contributed by atoms with E-state index in [2.05, 4.69) is 10.4 Å². The molecule has 0 unspecified atom stereocenters. The van der Waals surface area contributed by atoms with Gasteiger partial charge in [0.1, 0.15) is 18.3 Å². The lowest BCUT2D eigenvalue weighted by Crippen LogP contribution is -2.46. The van der Waals surface area contributed by atoms with Gasteiger partial charge in [0.2, 0.25) is 11.8 Å². The molecule has 2 aromatic carbocycles. The Bertz CT molecular complexity index is 1420. The third-order valence-electron chi connectivity index (χ3n) is 8.12. The zero-order valence-corrected chi connectivity index (χ0v) is 24.2. The first kappa shape index (κ1) is 29.9. The quantitative estimate of drug-likeness (QED) is 0.313. The fourth-order valence-electron chi connectivity index (χ4n) is 5.99. The SMILES string of the molecule is COc1ccc([C@H](C(=O)NC2CCCC2)N(Cc2ccccc2Cl)C(=O)Cn2nc(C(F)(F)F)c3c2CCCC3)cc1. The van der Waals surface area contributed by atoms with Crippen LogP contribution in [0.3, 0.4) is 0 Å². The van der Waals surface area contributed by atoms with Gasteiger partial charge in [-0.25, -0.2) is 0 Å². The summed E-state index contributed by atoms with van der Waals surface area (Å²) in [4.78, 5) is 29.5. The van der Waals surface area contributed by atoms with Gasteiger partial charge < -0.3 is 15.0 Å². The van der Waals surface area contributed by atoms with E-state index < -0.39 is 30.4 Å². The molecule has 2 amide bonds. The molecule has 1 atom stereocenters. The Morgan fingerprint density at radius 1 is 1.07 bits per heavy atom. The average molecular weight is 603 g/mol. The van der Waals surface area contributed by atoms with E-state index >= 15 is 0 Å². The number of halogens is 4. The molecule has 3 aromatic rings. The van der Waals surface area contributed by atoms with Crippen molar-refractivity contribution in [3.8, 4) is 5.75 Å². The summed E-state index contributed by atoms with van der Waals surface area (Å²) < 4.78 is 48.1. The van der Waals surface area contributed by atoms with Crippen LogP contribution in [0.1, 0.15) is 72.6 Å². The molecule has 2 aliphatic rings. The standard InChI is InChI=1S/C31H34ClF3N4O3/c1-42-23-16-14-20(15-17-23)28(30(41)36-22-9-3-4-10-22)38(18-21-8-2-6-12-25(21)32)27(40)19-39-26-13-7-5-11-24(26)29(37-39)31(33,34)35/h2,6,8,12,14-17,22,28H,3-5,7,9-11,13,18-19H2,1H3,(H,36,41)/t28-/m1/s1. The number of carbonyl (C=O) groups excluding carboxylic acids is 2. The molecule has 0 bridgehead atoms. The molecule has 11 heteroatoms. The Labute approximate surface area is 248 Å². The van der Waals surface area contributed by atoms with E-state index in [1.165, 1.54) is 16.7 Å². The van der Waals surface area contributed by atoms with Crippen LogP contribution in [0.2, 0.25) is 5.02 Å². The van der Waals surface area contributed by atoms with E-state index in [1.807, 2.05) is 0 Å². The second-order valence-electron chi connectivity index (χ2n) is 10.9. The van der Waals surface area contributed by atoms with Crippen LogP contribution in [0.15, 0.2) is 48.5 Å². The first-order valence-corrected chi connectivity index (χ1v) is 14.7. The number of methoxy groups -OCH3 is 1. The first-order chi connectivity index (χ1) is 20.2. The number of rotatable bonds is 9. The third kappa shape index (κ3) is 6.59. The highest BCUT2D eigenvalue weighted by Crippen LogP contribution is 2.36. The Hall–Kier alpha value is -3.53. The maximum Gasteiger partial charge on any atom is 0.435 e. The van der Waals surface area contributed by atoms with Gasteiger partial charge in [0.25, 0.3) is 0 Å². The number of hydrogen-bond donors (Lipinski definition) is 1. The van der Waals surface area contributed by atoms with Crippen LogP contribution in [-0.4, -0.2) is 39.6 Å². The van der Waals surface area contributed by atoms with Crippen molar-refractivity contribution in [3.63, 3.8) is 0 Å². The van der Waals surface area contributed by atoms with Crippen molar-refractivity contribution >= 4 is 23.4 Å². The zero-order chi connectivity index (χ0) is 29.9. The highest BCUT2D eigenvalue weighted by atomic mass is 35.5. The molecule has 1 heterocycles. The summed E-state index contributed by atoms with van der Waals surface area (Å²) in [5.41, 5.74) is 0.803. The molecule has 1 aromatic heterocycles. The average Bonchev–Trinajstić information content (AvgIpc) is 3.62. The third-order valence-corrected chi connectivity index (χ3v) is 8.49. The number of alkyl halides is 3. The number of hydrogen-bond acceptors (Lipinski definition) is 4. The van der Waals surface area contributed by atoms with Gasteiger partial charge in [-0.2, -0.15) is 18.3 Å². The first-order valence-electron chi connectivity index (χ1n) is 14.3. The lowest BCUT2D eigenvalue weighted by atomic mass is 9.95. The van der Waals surface area contributed by atoms with Gasteiger partial charge in [-0.15, -0.1) is 0 Å². The summed E-state index contributed by atoms with van der Waals surface area (Å²) in [6, 6.07) is 12.8. The fourth-order valence-corrected chi connectivity index (χ4v) is 6.19. The van der Waals surface area contributed by atoms with Crippen LogP contribution in [0.25, 0.3) is 0 Å². The molecule has 42 heavy (non-hydrogen) atoms. The van der Waals surface area contributed by atoms with Gasteiger partial charge in [-0.3, -0.25) is 14.3 Å². The summed E-state index contributed by atoms with van der Waals surface area (Å²) in [7, 11) is 1.53. The van der Waals surface area contributed by atoms with Crippen LogP contribution in [0, 0.1) is 0 Å². The zero-order valence-electron chi connectivity index (χ0n) is 23.4. The van der Waals surface area contributed by atoms with Crippen LogP contribution >= 0.6 is 11.6 Å². The molecule has 0 aliphatic heterocycles. The highest BCUT2D eigenvalue weighted by Gasteiger charge is 2.40. The Morgan fingerprint density at radius 2 is 1.76 bits per heavy atom. The topological polar surface area (TPSA) is 76.5 Å². The molecular weight excluding hydrogens is 569 g/mol. The highest BCUT2D eigenvalue weighted by molar-refractivity contribution is 6.31. The number of ether oxygens (including phenoxy) is 1. The van der Waals surface area contributed by atoms with E-state index in [0.29, 0.717) is 46.9 Å². The van der Waals surface area contributed by atoms with Crippen LogP contribution < -0.4 is 10.1 Å². The molecule has 0 spiro atoms. The minimum Gasteiger partial charge on any atom is -0.497 e. The smallest absolute Gasteiger partial charge is 0.435 e. The minimum absolute atomic E-state index is 0.0111. The van der Waals surface area contributed by atoms with Crippen molar-refractivity contribution in [2.75, 3.05) is 7.11 Å². The Morgan fingerprint density at radius 3 is 2.43 bits per heavy atom. The normalized spacial score (nSPS) is 16.1. The molecule has 0 radical (unpaired) electrons. The molecule has 7 nitrogen and oxygen atoms in total. The lowest BCUT2D eigenvalue weighted by Gasteiger charge is -2.33. The fraction of sp³-hybridized carbons (Fsp3) is 0.452. The molecule has 1 saturated carbocycles. The summed E-state index contributed by atoms with van der Waals surface area (Å²) in [6.45, 7) is -0.463. The Kier molecular flexibility index (Phi) is 9.11. The number of nitrogens with one attached hydrogen (secondary N) is 1. The molecule has 1 fully saturated rings. The monoisotopic (exact) mass is 602 g/mol. The number of aromatic nitrogens is 2. The molecule has 2 aliphatic carbocycles. The molecule has 5 rings (SSSR count). The van der Waals surface area contributed by atoms with Crippen molar-refractivity contribution in [3.05, 3.63) is 81.6 Å². The van der Waals surface area contributed by atoms with Crippen molar-refractivity contribution in [1.82, 2.24) is 20.0 Å². The van der Waals surface area contributed by atoms with Crippen molar-refractivity contribution in [1.29, 1.82) is 0 Å². The van der Waals surface area contributed by atoms with Crippen LogP contribution in [0.5, 0.6) is 5.75 Å². The molecule has 224 valence electrons. The molecular formula is C31H34ClF3N4O3. The van der Waals surface area contributed by atoms with E-state index in [0.717, 1.165) is 25.7 Å². The van der Waals surface area contributed by atoms with Crippen molar-refractivity contribution in [2.24, 2.45) is 0 Å². The maximum atomic E-state index is 14.2. The second-order valence-corrected chi connectivity index (χ2v) is 11.3. The lowest BCUT2D eigenvalue weighted by molar-refractivity contribution is -0.144. The predicted octanol–water partition coefficient (Wildman–Crippen LogP) is 6.27. The van der Waals surface area contributed by atoms with Gasteiger partial charge in [0.05, 0.1) is 7.11 Å². The van der Waals surface area contributed by atoms with E-state index in [1.54, 1.807) is 48.5 Å². The van der Waals surface area contributed by atoms with Crippen LogP contribution in [-0.2, 0) is 41.7 Å².